The highest BCUT2D eigenvalue weighted by atomic mass is 35.5. The number of halogens is 1. The molecular weight excluding hydrogens is 292 g/mol. The Kier molecular flexibility index (Phi) is 3.70. The van der Waals surface area contributed by atoms with Gasteiger partial charge in [0.15, 0.2) is 5.16 Å². The second kappa shape index (κ2) is 5.48. The lowest BCUT2D eigenvalue weighted by molar-refractivity contribution is 0.279. The summed E-state index contributed by atoms with van der Waals surface area (Å²) >= 11 is 7.65. The number of hydrogen-bond donors (Lipinski definition) is 2. The van der Waals surface area contributed by atoms with Gasteiger partial charge in [0.1, 0.15) is 0 Å². The van der Waals surface area contributed by atoms with Crippen molar-refractivity contribution in [3.8, 4) is 0 Å². The third kappa shape index (κ3) is 2.54. The highest BCUT2D eigenvalue weighted by molar-refractivity contribution is 7.99. The Labute approximate surface area is 126 Å². The Morgan fingerprint density at radius 1 is 1.30 bits per heavy atom. The second-order valence-corrected chi connectivity index (χ2v) is 5.96. The Bertz CT molecular complexity index is 770. The highest BCUT2D eigenvalue weighted by Gasteiger charge is 2.11. The third-order valence-electron chi connectivity index (χ3n) is 3.03. The zero-order chi connectivity index (χ0) is 14.1. The summed E-state index contributed by atoms with van der Waals surface area (Å²) in [7, 11) is 0. The van der Waals surface area contributed by atoms with Crippen molar-refractivity contribution in [1.82, 2.24) is 9.97 Å². The van der Waals surface area contributed by atoms with E-state index in [0.29, 0.717) is 5.02 Å². The molecule has 0 saturated heterocycles. The average Bonchev–Trinajstić information content (AvgIpc) is 2.82. The molecule has 0 spiro atoms. The van der Waals surface area contributed by atoms with Crippen molar-refractivity contribution in [3.63, 3.8) is 0 Å². The molecule has 0 amide bonds. The van der Waals surface area contributed by atoms with Gasteiger partial charge in [-0.15, -0.1) is 0 Å². The standard InChI is InChI=1S/C15H13ClN2OS/c1-9-5-6-12-13(7-9)18-15(17-12)20-14-10(8-19)3-2-4-11(14)16/h2-7,19H,8H2,1H3,(H,17,18). The summed E-state index contributed by atoms with van der Waals surface area (Å²) in [4.78, 5) is 8.65. The number of nitrogens with one attached hydrogen (secondary N) is 1. The van der Waals surface area contributed by atoms with Crippen molar-refractivity contribution in [2.45, 2.75) is 23.6 Å². The first-order chi connectivity index (χ1) is 9.67. The fourth-order valence-electron chi connectivity index (χ4n) is 2.04. The van der Waals surface area contributed by atoms with E-state index in [-0.39, 0.29) is 6.61 Å². The molecule has 102 valence electrons. The Balaban J connectivity index is 2.01. The number of nitrogens with zero attached hydrogens (tertiary/aromatic N) is 1. The van der Waals surface area contributed by atoms with E-state index in [1.807, 2.05) is 37.3 Å². The van der Waals surface area contributed by atoms with Crippen molar-refractivity contribution in [2.24, 2.45) is 0 Å². The van der Waals surface area contributed by atoms with Gasteiger partial charge in [-0.05, 0) is 48.0 Å². The molecule has 2 aromatic carbocycles. The predicted molar refractivity (Wildman–Crippen MR) is 82.3 cm³/mol. The van der Waals surface area contributed by atoms with E-state index >= 15 is 0 Å². The van der Waals surface area contributed by atoms with Crippen molar-refractivity contribution >= 4 is 34.4 Å². The summed E-state index contributed by atoms with van der Waals surface area (Å²) in [5.41, 5.74) is 3.92. The van der Waals surface area contributed by atoms with Crippen LogP contribution in [-0.4, -0.2) is 15.1 Å². The molecule has 0 radical (unpaired) electrons. The minimum Gasteiger partial charge on any atom is -0.392 e. The number of aromatic amines is 1. The molecule has 20 heavy (non-hydrogen) atoms. The van der Waals surface area contributed by atoms with Crippen LogP contribution in [0.25, 0.3) is 11.0 Å². The second-order valence-electron chi connectivity index (χ2n) is 4.55. The van der Waals surface area contributed by atoms with E-state index in [1.165, 1.54) is 17.3 Å². The molecule has 0 atom stereocenters. The van der Waals surface area contributed by atoms with E-state index in [1.54, 1.807) is 0 Å². The number of H-pyrrole nitrogens is 1. The largest absolute Gasteiger partial charge is 0.392 e. The maximum absolute atomic E-state index is 9.39. The minimum atomic E-state index is -0.0395. The molecule has 0 saturated carbocycles. The van der Waals surface area contributed by atoms with Gasteiger partial charge in [0.05, 0.1) is 22.7 Å². The molecule has 0 unspecified atom stereocenters. The quantitative estimate of drug-likeness (QED) is 0.763. The van der Waals surface area contributed by atoms with Crippen LogP contribution in [0.1, 0.15) is 11.1 Å². The Morgan fingerprint density at radius 2 is 2.15 bits per heavy atom. The fraction of sp³-hybridized carbons (Fsp3) is 0.133. The number of aryl methyl sites for hydroxylation is 1. The van der Waals surface area contributed by atoms with Crippen LogP contribution in [0.4, 0.5) is 0 Å². The van der Waals surface area contributed by atoms with Crippen LogP contribution < -0.4 is 0 Å². The molecule has 0 aliphatic rings. The molecule has 5 heteroatoms. The lowest BCUT2D eigenvalue weighted by Crippen LogP contribution is -1.88. The molecule has 1 aromatic heterocycles. The number of imidazole rings is 1. The van der Waals surface area contributed by atoms with Crippen molar-refractivity contribution < 1.29 is 5.11 Å². The number of aliphatic hydroxyl groups excluding tert-OH is 1. The van der Waals surface area contributed by atoms with E-state index < -0.39 is 0 Å². The van der Waals surface area contributed by atoms with Gasteiger partial charge in [-0.2, -0.15) is 0 Å². The molecular formula is C15H13ClN2OS. The summed E-state index contributed by atoms with van der Waals surface area (Å²) < 4.78 is 0. The van der Waals surface area contributed by atoms with Gasteiger partial charge >= 0.3 is 0 Å². The molecule has 3 rings (SSSR count). The number of aromatic nitrogens is 2. The van der Waals surface area contributed by atoms with Crippen LogP contribution in [0.2, 0.25) is 5.02 Å². The van der Waals surface area contributed by atoms with Crippen LogP contribution in [-0.2, 0) is 6.61 Å². The normalized spacial score (nSPS) is 11.2. The van der Waals surface area contributed by atoms with Gasteiger partial charge in [-0.1, -0.05) is 29.8 Å². The van der Waals surface area contributed by atoms with Crippen molar-refractivity contribution in [2.75, 3.05) is 0 Å². The van der Waals surface area contributed by atoms with Crippen LogP contribution in [0.3, 0.4) is 0 Å². The van der Waals surface area contributed by atoms with Crippen LogP contribution in [0, 0.1) is 6.92 Å². The van der Waals surface area contributed by atoms with Crippen LogP contribution in [0.15, 0.2) is 46.5 Å². The summed E-state index contributed by atoms with van der Waals surface area (Å²) in [6, 6.07) is 11.6. The molecule has 3 nitrogen and oxygen atoms in total. The fourth-order valence-corrected chi connectivity index (χ4v) is 3.27. The van der Waals surface area contributed by atoms with E-state index in [9.17, 15) is 5.11 Å². The molecule has 0 aliphatic heterocycles. The smallest absolute Gasteiger partial charge is 0.171 e. The first-order valence-electron chi connectivity index (χ1n) is 6.20. The number of benzene rings is 2. The van der Waals surface area contributed by atoms with Gasteiger partial charge in [-0.3, -0.25) is 0 Å². The van der Waals surface area contributed by atoms with Crippen LogP contribution >= 0.6 is 23.4 Å². The summed E-state index contributed by atoms with van der Waals surface area (Å²) in [6.07, 6.45) is 0. The van der Waals surface area contributed by atoms with Gasteiger partial charge in [-0.25, -0.2) is 4.98 Å². The molecule has 1 heterocycles. The maximum atomic E-state index is 9.39. The first-order valence-corrected chi connectivity index (χ1v) is 7.39. The maximum Gasteiger partial charge on any atom is 0.171 e. The predicted octanol–water partition coefficient (Wildman–Crippen LogP) is 4.17. The molecule has 0 fully saturated rings. The summed E-state index contributed by atoms with van der Waals surface area (Å²) in [6.45, 7) is 2.01. The lowest BCUT2D eigenvalue weighted by Gasteiger charge is -2.06. The average molecular weight is 305 g/mol. The Morgan fingerprint density at radius 3 is 2.95 bits per heavy atom. The topological polar surface area (TPSA) is 48.9 Å². The zero-order valence-electron chi connectivity index (χ0n) is 10.9. The lowest BCUT2D eigenvalue weighted by atomic mass is 10.2. The van der Waals surface area contributed by atoms with E-state index in [2.05, 4.69) is 16.0 Å². The molecule has 3 aromatic rings. The van der Waals surface area contributed by atoms with Gasteiger partial charge in [0, 0.05) is 4.90 Å². The van der Waals surface area contributed by atoms with Crippen LogP contribution in [0.5, 0.6) is 0 Å². The molecule has 0 bridgehead atoms. The van der Waals surface area contributed by atoms with Gasteiger partial charge < -0.3 is 10.1 Å². The number of aliphatic hydroxyl groups is 1. The van der Waals surface area contributed by atoms with Crippen molar-refractivity contribution in [3.05, 3.63) is 52.5 Å². The van der Waals surface area contributed by atoms with Gasteiger partial charge in [0.2, 0.25) is 0 Å². The third-order valence-corrected chi connectivity index (χ3v) is 4.53. The SMILES string of the molecule is Cc1ccc2nc(Sc3c(Cl)cccc3CO)[nH]c2c1. The summed E-state index contributed by atoms with van der Waals surface area (Å²) in [5.74, 6) is 0. The number of fused-ring (bicyclic) bond motifs is 1. The number of hydrogen-bond acceptors (Lipinski definition) is 3. The van der Waals surface area contributed by atoms with Gasteiger partial charge in [0.25, 0.3) is 0 Å². The first kappa shape index (κ1) is 13.5. The van der Waals surface area contributed by atoms with Crippen molar-refractivity contribution in [1.29, 1.82) is 0 Å². The molecule has 0 aliphatic carbocycles. The Hall–Kier alpha value is -1.49. The highest BCUT2D eigenvalue weighted by Crippen LogP contribution is 2.35. The minimum absolute atomic E-state index is 0.0395. The van der Waals surface area contributed by atoms with E-state index in [0.717, 1.165) is 26.6 Å². The monoisotopic (exact) mass is 304 g/mol. The number of rotatable bonds is 3. The van der Waals surface area contributed by atoms with E-state index in [4.69, 9.17) is 11.6 Å². The zero-order valence-corrected chi connectivity index (χ0v) is 12.4. The molecule has 2 N–H and O–H groups in total. The summed E-state index contributed by atoms with van der Waals surface area (Å²) in [5, 5.41) is 10.8.